The molecule has 0 aliphatic carbocycles. The van der Waals surface area contributed by atoms with Crippen LogP contribution in [-0.4, -0.2) is 58.7 Å². The highest BCUT2D eigenvalue weighted by Gasteiger charge is 2.45. The van der Waals surface area contributed by atoms with E-state index >= 15 is 0 Å². The first-order chi connectivity index (χ1) is 14.6. The zero-order valence-corrected chi connectivity index (χ0v) is 33.4. The van der Waals surface area contributed by atoms with Gasteiger partial charge in [-0.05, 0) is 21.1 Å². The zero-order chi connectivity index (χ0) is 27.5. The van der Waals surface area contributed by atoms with Crippen LogP contribution >= 0.6 is 0 Å². The molecular formula is C27H59Si7. The number of benzene rings is 1. The molecule has 0 saturated carbocycles. The van der Waals surface area contributed by atoms with Gasteiger partial charge >= 0.3 is 0 Å². The molecule has 195 valence electrons. The fourth-order valence-corrected chi connectivity index (χ4v) is 47.3. The summed E-state index contributed by atoms with van der Waals surface area (Å²) in [4.78, 5) is 0. The summed E-state index contributed by atoms with van der Waals surface area (Å²) in [6, 6.07) is 5.50. The molecule has 0 amide bonds. The largest absolute Gasteiger partial charge is 0.0719 e. The quantitative estimate of drug-likeness (QED) is 0.256. The SMILES string of the molecule is C[Si](C)(C)C(c1cc(C([Si](C)(C)C)[Si](C)(C)C)c([Si])c(C([Si](C)(C)C)[Si](C)(C)C)c1)[Si](C)(C)C. The average Bonchev–Trinajstić information content (AvgIpc) is 2.42. The van der Waals surface area contributed by atoms with E-state index in [2.05, 4.69) is 140 Å². The maximum Gasteiger partial charge on any atom is 0.0719 e. The van der Waals surface area contributed by atoms with Crippen molar-refractivity contribution in [3.05, 3.63) is 28.8 Å². The smallest absolute Gasteiger partial charge is 0.0693 e. The van der Waals surface area contributed by atoms with Gasteiger partial charge in [-0.3, -0.25) is 0 Å². The fourth-order valence-electron chi connectivity index (χ4n) is 8.10. The Morgan fingerprint density at radius 3 is 0.794 bits per heavy atom. The summed E-state index contributed by atoms with van der Waals surface area (Å²) in [5.41, 5.74) is 5.12. The third-order valence-corrected chi connectivity index (χ3v) is 35.8. The molecule has 1 rings (SSSR count). The van der Waals surface area contributed by atoms with Crippen molar-refractivity contribution in [3.8, 4) is 0 Å². The Labute approximate surface area is 225 Å². The molecule has 0 bridgehead atoms. The summed E-state index contributed by atoms with van der Waals surface area (Å²) in [6.07, 6.45) is 0. The standard InChI is InChI=1S/C27H59Si7/c1-29(2,3)25(30(4,5)6)21-19-22(26(31(7,8)9)32(10,11)12)24(28)23(20-21)27(33(13,14)15)34(16,17)18/h19-20,25-27H,1-18H3. The molecule has 34 heavy (non-hydrogen) atoms. The van der Waals surface area contributed by atoms with Gasteiger partial charge < -0.3 is 0 Å². The average molecular weight is 580 g/mol. The van der Waals surface area contributed by atoms with E-state index in [-0.39, 0.29) is 0 Å². The highest BCUT2D eigenvalue weighted by atomic mass is 28.4. The van der Waals surface area contributed by atoms with Crippen LogP contribution in [0, 0.1) is 0 Å². The molecule has 0 aliphatic heterocycles. The molecule has 0 saturated heterocycles. The first kappa shape index (κ1) is 32.8. The molecule has 0 fully saturated rings. The Hall–Kier alpha value is 0.738. The molecule has 0 aliphatic rings. The molecule has 3 radical (unpaired) electrons. The van der Waals surface area contributed by atoms with Gasteiger partial charge in [0.2, 0.25) is 0 Å². The summed E-state index contributed by atoms with van der Waals surface area (Å²) < 4.78 is 0. The lowest BCUT2D eigenvalue weighted by Crippen LogP contribution is -2.52. The van der Waals surface area contributed by atoms with Crippen LogP contribution in [0.25, 0.3) is 0 Å². The van der Waals surface area contributed by atoms with Crippen molar-refractivity contribution in [2.75, 3.05) is 0 Å². The number of rotatable bonds is 9. The highest BCUT2D eigenvalue weighted by molar-refractivity contribution is 6.98. The minimum atomic E-state index is -1.42. The lowest BCUT2D eigenvalue weighted by atomic mass is 10.1. The zero-order valence-electron chi connectivity index (χ0n) is 26.4. The van der Waals surface area contributed by atoms with E-state index in [4.69, 9.17) is 0 Å². The normalized spacial score (nSPS) is 15.1. The lowest BCUT2D eigenvalue weighted by Gasteiger charge is -2.45. The summed E-state index contributed by atoms with van der Waals surface area (Å²) in [6.45, 7) is 47.2. The Bertz CT molecular complexity index is 753. The third-order valence-electron chi connectivity index (χ3n) is 7.37. The summed E-state index contributed by atoms with van der Waals surface area (Å²) >= 11 is 0. The number of hydrogen-bond acceptors (Lipinski definition) is 0. The van der Waals surface area contributed by atoms with E-state index in [9.17, 15) is 0 Å². The van der Waals surface area contributed by atoms with Crippen LogP contribution < -0.4 is 5.19 Å². The molecule has 1 aromatic carbocycles. The minimum absolute atomic E-state index is 0.763. The van der Waals surface area contributed by atoms with Gasteiger partial charge in [0.1, 0.15) is 0 Å². The van der Waals surface area contributed by atoms with E-state index in [0.29, 0.717) is 0 Å². The maximum absolute atomic E-state index is 4.42. The van der Waals surface area contributed by atoms with Crippen LogP contribution in [0.4, 0.5) is 0 Å². The van der Waals surface area contributed by atoms with Crippen LogP contribution in [-0.2, 0) is 0 Å². The summed E-state index contributed by atoms with van der Waals surface area (Å²) in [5, 5.41) is 3.81. The van der Waals surface area contributed by atoms with Gasteiger partial charge in [0.15, 0.2) is 0 Å². The van der Waals surface area contributed by atoms with Gasteiger partial charge in [-0.2, -0.15) is 0 Å². The molecule has 0 aromatic heterocycles. The van der Waals surface area contributed by atoms with Gasteiger partial charge in [0.05, 0.1) is 10.2 Å². The maximum atomic E-state index is 4.42. The fraction of sp³-hybridized carbons (Fsp3) is 0.778. The molecule has 0 spiro atoms. The van der Waals surface area contributed by atoms with Crippen LogP contribution in [0.3, 0.4) is 0 Å². The van der Waals surface area contributed by atoms with Gasteiger partial charge in [-0.15, -0.1) is 0 Å². The first-order valence-corrected chi connectivity index (χ1v) is 35.5. The van der Waals surface area contributed by atoms with Crippen molar-refractivity contribution in [2.45, 2.75) is 133 Å². The molecule has 1 aromatic rings. The first-order valence-electron chi connectivity index (χ1n) is 13.5. The van der Waals surface area contributed by atoms with Crippen molar-refractivity contribution < 1.29 is 0 Å². The predicted molar refractivity (Wildman–Crippen MR) is 180 cm³/mol. The second kappa shape index (κ2) is 10.1. The predicted octanol–water partition coefficient (Wildman–Crippen LogP) is 9.00. The van der Waals surface area contributed by atoms with E-state index in [1.165, 1.54) is 5.19 Å². The molecular weight excluding hydrogens is 521 g/mol. The molecule has 0 unspecified atom stereocenters. The van der Waals surface area contributed by atoms with Crippen molar-refractivity contribution in [1.82, 2.24) is 0 Å². The second-order valence-electron chi connectivity index (χ2n) is 17.6. The van der Waals surface area contributed by atoms with Crippen LogP contribution in [0.1, 0.15) is 32.2 Å². The molecule has 0 nitrogen and oxygen atoms in total. The Balaban J connectivity index is 4.31. The Morgan fingerprint density at radius 1 is 0.412 bits per heavy atom. The lowest BCUT2D eigenvalue weighted by molar-refractivity contribution is 1.10. The monoisotopic (exact) mass is 579 g/mol. The van der Waals surface area contributed by atoms with Gasteiger partial charge in [-0.1, -0.05) is 146 Å². The Morgan fingerprint density at radius 2 is 0.618 bits per heavy atom. The Kier molecular flexibility index (Phi) is 9.77. The van der Waals surface area contributed by atoms with Gasteiger partial charge in [0, 0.05) is 48.4 Å². The van der Waals surface area contributed by atoms with E-state index in [1.54, 1.807) is 16.7 Å². The number of hydrogen-bond donors (Lipinski definition) is 0. The van der Waals surface area contributed by atoms with E-state index < -0.39 is 48.4 Å². The molecule has 0 atom stereocenters. The summed E-state index contributed by atoms with van der Waals surface area (Å²) in [5.74, 6) is 0. The topological polar surface area (TPSA) is 0 Å². The van der Waals surface area contributed by atoms with Gasteiger partial charge in [-0.25, -0.2) is 0 Å². The van der Waals surface area contributed by atoms with Crippen LogP contribution in [0.15, 0.2) is 12.1 Å². The van der Waals surface area contributed by atoms with Gasteiger partial charge in [0.25, 0.3) is 0 Å². The van der Waals surface area contributed by atoms with Crippen molar-refractivity contribution in [2.24, 2.45) is 0 Å². The van der Waals surface area contributed by atoms with Crippen molar-refractivity contribution >= 4 is 63.9 Å². The second-order valence-corrected chi connectivity index (χ2v) is 51.7. The van der Waals surface area contributed by atoms with E-state index in [0.717, 1.165) is 15.5 Å². The molecule has 0 N–H and O–H groups in total. The van der Waals surface area contributed by atoms with Crippen molar-refractivity contribution in [3.63, 3.8) is 0 Å². The molecule has 0 heterocycles. The van der Waals surface area contributed by atoms with Crippen LogP contribution in [0.2, 0.25) is 118 Å². The van der Waals surface area contributed by atoms with Crippen molar-refractivity contribution in [1.29, 1.82) is 0 Å². The third kappa shape index (κ3) is 7.87. The van der Waals surface area contributed by atoms with Crippen LogP contribution in [0.5, 0.6) is 0 Å². The summed E-state index contributed by atoms with van der Waals surface area (Å²) in [7, 11) is -4.03. The minimum Gasteiger partial charge on any atom is -0.0693 e. The van der Waals surface area contributed by atoms with E-state index in [1.807, 2.05) is 0 Å². The highest BCUT2D eigenvalue weighted by Crippen LogP contribution is 2.43. The molecule has 7 heteroatoms.